The van der Waals surface area contributed by atoms with E-state index in [1.54, 1.807) is 11.1 Å². The maximum absolute atomic E-state index is 3.86. The Hall–Kier alpha value is 0.180. The first kappa shape index (κ1) is 23.8. The number of allylic oxidation sites excluding steroid dienone is 3. The van der Waals surface area contributed by atoms with Gasteiger partial charge >= 0.3 is 0 Å². The van der Waals surface area contributed by atoms with E-state index >= 15 is 0 Å². The normalized spacial score (nSPS) is 28.8. The second kappa shape index (κ2) is 9.35. The number of nitrogens with one attached hydrogen (secondary N) is 4. The number of hydrogen-bond acceptors (Lipinski definition) is 4. The highest BCUT2D eigenvalue weighted by molar-refractivity contribution is 7.61. The molecule has 2 saturated heterocycles. The van der Waals surface area contributed by atoms with Crippen molar-refractivity contribution < 1.29 is 0 Å². The molecule has 3 aliphatic rings. The Morgan fingerprint density at radius 1 is 0.897 bits per heavy atom. The molecular weight excluding hydrogens is 394 g/mol. The molecule has 0 saturated carbocycles. The summed E-state index contributed by atoms with van der Waals surface area (Å²) in [7, 11) is 3.19. The molecule has 4 nitrogen and oxygen atoms in total. The molecule has 0 aromatic rings. The first-order chi connectivity index (χ1) is 13.5. The zero-order valence-corrected chi connectivity index (χ0v) is 21.5. The van der Waals surface area contributed by atoms with Crippen LogP contribution in [0.25, 0.3) is 0 Å². The van der Waals surface area contributed by atoms with Crippen molar-refractivity contribution >= 4 is 17.2 Å². The number of hydrogen-bond donors (Lipinski definition) is 4. The highest BCUT2D eigenvalue weighted by atomic mass is 31.1. The summed E-state index contributed by atoms with van der Waals surface area (Å²) in [4.78, 5) is 0. The second-order valence-electron chi connectivity index (χ2n) is 10.9. The van der Waals surface area contributed by atoms with Crippen LogP contribution >= 0.6 is 17.2 Å². The van der Waals surface area contributed by atoms with Crippen molar-refractivity contribution in [3.63, 3.8) is 0 Å². The Morgan fingerprint density at radius 2 is 1.41 bits per heavy atom. The van der Waals surface area contributed by atoms with Gasteiger partial charge in [0.25, 0.3) is 0 Å². The molecule has 3 atom stereocenters. The quantitative estimate of drug-likeness (QED) is 0.499. The van der Waals surface area contributed by atoms with Crippen LogP contribution in [0.5, 0.6) is 0 Å². The highest BCUT2D eigenvalue weighted by Crippen LogP contribution is 2.61. The van der Waals surface area contributed by atoms with Gasteiger partial charge in [0, 0.05) is 56.5 Å². The molecule has 0 amide bonds. The van der Waals surface area contributed by atoms with Crippen LogP contribution in [-0.4, -0.2) is 73.0 Å². The first-order valence-corrected chi connectivity index (χ1v) is 13.5. The van der Waals surface area contributed by atoms with Crippen molar-refractivity contribution in [2.75, 3.05) is 45.4 Å². The summed E-state index contributed by atoms with van der Waals surface area (Å²) in [6, 6.07) is 0.859. The molecular formula is C23H44N4P2. The number of piperazine rings is 2. The second-order valence-corrected chi connectivity index (χ2v) is 15.7. The van der Waals surface area contributed by atoms with E-state index in [4.69, 9.17) is 0 Å². The first-order valence-electron chi connectivity index (χ1n) is 11.4. The summed E-state index contributed by atoms with van der Waals surface area (Å²) in [5.74, 6) is 0. The standard InChI is InChI=1S/C23H44N4P2/c1-21(2,3)29(22(4,5)6)16-17-8-7-9-18(17)23(28,19-14-24-10-12-26-19)20-15-25-11-13-27-20/h7-8,19-20,24-27H,9-16,28H2,1-6H3. The molecule has 2 aliphatic heterocycles. The minimum atomic E-state index is -0.153. The molecule has 3 rings (SSSR count). The average molecular weight is 439 g/mol. The smallest absolute Gasteiger partial charge is 0.0395 e. The van der Waals surface area contributed by atoms with Crippen LogP contribution in [-0.2, 0) is 0 Å². The minimum absolute atomic E-state index is 0.0243. The summed E-state index contributed by atoms with van der Waals surface area (Å²) >= 11 is 0. The maximum Gasteiger partial charge on any atom is 0.0395 e. The summed E-state index contributed by atoms with van der Waals surface area (Å²) in [6.45, 7) is 20.9. The Bertz CT molecular complexity index is 586. The van der Waals surface area contributed by atoms with E-state index in [1.165, 1.54) is 6.16 Å². The third-order valence-corrected chi connectivity index (χ3v) is 11.8. The molecule has 2 fully saturated rings. The van der Waals surface area contributed by atoms with Crippen LogP contribution < -0.4 is 21.3 Å². The van der Waals surface area contributed by atoms with Gasteiger partial charge in [-0.15, -0.1) is 9.24 Å². The average Bonchev–Trinajstić information content (AvgIpc) is 3.14. The molecule has 0 aromatic heterocycles. The molecule has 6 heteroatoms. The predicted molar refractivity (Wildman–Crippen MR) is 134 cm³/mol. The molecule has 3 unspecified atom stereocenters. The summed E-state index contributed by atoms with van der Waals surface area (Å²) in [6.07, 6.45) is 7.18. The van der Waals surface area contributed by atoms with E-state index in [-0.39, 0.29) is 13.1 Å². The molecule has 0 aromatic carbocycles. The monoisotopic (exact) mass is 438 g/mol. The lowest BCUT2D eigenvalue weighted by Gasteiger charge is -2.49. The highest BCUT2D eigenvalue weighted by Gasteiger charge is 2.47. The van der Waals surface area contributed by atoms with Crippen LogP contribution in [0, 0.1) is 0 Å². The largest absolute Gasteiger partial charge is 0.314 e. The SMILES string of the molecule is CC(C)(C)P(CC1=C(C(P)(C2CNCCN2)C2CNCCN2)CC=C1)C(C)(C)C. The van der Waals surface area contributed by atoms with Gasteiger partial charge in [0.05, 0.1) is 0 Å². The van der Waals surface area contributed by atoms with Crippen LogP contribution in [0.4, 0.5) is 0 Å². The van der Waals surface area contributed by atoms with Crippen molar-refractivity contribution in [3.8, 4) is 0 Å². The third kappa shape index (κ3) is 5.33. The van der Waals surface area contributed by atoms with Crippen LogP contribution in [0.15, 0.2) is 23.3 Å². The third-order valence-electron chi connectivity index (χ3n) is 6.73. The van der Waals surface area contributed by atoms with Gasteiger partial charge < -0.3 is 21.3 Å². The lowest BCUT2D eigenvalue weighted by molar-refractivity contribution is 0.277. The van der Waals surface area contributed by atoms with Gasteiger partial charge in [0.15, 0.2) is 0 Å². The van der Waals surface area contributed by atoms with E-state index in [2.05, 4.69) is 84.2 Å². The minimum Gasteiger partial charge on any atom is -0.314 e. The summed E-state index contributed by atoms with van der Waals surface area (Å²) in [5, 5.41) is 15.7. The molecule has 0 bridgehead atoms. The van der Waals surface area contributed by atoms with Crippen molar-refractivity contribution in [3.05, 3.63) is 23.3 Å². The lowest BCUT2D eigenvalue weighted by atomic mass is 9.79. The van der Waals surface area contributed by atoms with Gasteiger partial charge in [-0.25, -0.2) is 0 Å². The van der Waals surface area contributed by atoms with Crippen LogP contribution in [0.1, 0.15) is 48.0 Å². The molecule has 166 valence electrons. The van der Waals surface area contributed by atoms with E-state index in [0.717, 1.165) is 45.7 Å². The Kier molecular flexibility index (Phi) is 7.69. The summed E-state index contributed by atoms with van der Waals surface area (Å²) in [5.41, 5.74) is 3.25. The molecule has 4 N–H and O–H groups in total. The van der Waals surface area contributed by atoms with Gasteiger partial charge in [0.2, 0.25) is 0 Å². The molecule has 0 spiro atoms. The van der Waals surface area contributed by atoms with Gasteiger partial charge in [0.1, 0.15) is 0 Å². The Morgan fingerprint density at radius 3 is 1.83 bits per heavy atom. The summed E-state index contributed by atoms with van der Waals surface area (Å²) < 4.78 is 0. The van der Waals surface area contributed by atoms with Crippen LogP contribution in [0.3, 0.4) is 0 Å². The van der Waals surface area contributed by atoms with Crippen molar-refractivity contribution in [2.24, 2.45) is 0 Å². The maximum atomic E-state index is 3.86. The molecule has 2 heterocycles. The van der Waals surface area contributed by atoms with Crippen molar-refractivity contribution in [2.45, 2.75) is 75.5 Å². The van der Waals surface area contributed by atoms with Gasteiger partial charge in [-0.05, 0) is 34.0 Å². The van der Waals surface area contributed by atoms with E-state index in [0.29, 0.717) is 22.4 Å². The fraction of sp³-hybridized carbons (Fsp3) is 0.826. The van der Waals surface area contributed by atoms with Crippen molar-refractivity contribution in [1.29, 1.82) is 0 Å². The zero-order valence-electron chi connectivity index (χ0n) is 19.5. The zero-order chi connectivity index (χ0) is 21.3. The molecule has 1 aliphatic carbocycles. The van der Waals surface area contributed by atoms with E-state index in [9.17, 15) is 0 Å². The van der Waals surface area contributed by atoms with E-state index in [1.807, 2.05) is 0 Å². The van der Waals surface area contributed by atoms with Gasteiger partial charge in [-0.2, -0.15) is 0 Å². The van der Waals surface area contributed by atoms with Crippen molar-refractivity contribution in [1.82, 2.24) is 21.3 Å². The lowest BCUT2D eigenvalue weighted by Crippen LogP contribution is -2.69. The van der Waals surface area contributed by atoms with Gasteiger partial charge in [-0.3, -0.25) is 0 Å². The fourth-order valence-corrected chi connectivity index (χ4v) is 9.82. The molecule has 0 radical (unpaired) electrons. The van der Waals surface area contributed by atoms with E-state index < -0.39 is 0 Å². The number of rotatable bonds is 5. The Balaban J connectivity index is 1.98. The van der Waals surface area contributed by atoms with Gasteiger partial charge in [-0.1, -0.05) is 61.6 Å². The fourth-order valence-electron chi connectivity index (χ4n) is 5.45. The predicted octanol–water partition coefficient (Wildman–Crippen LogP) is 3.06. The Labute approximate surface area is 182 Å². The van der Waals surface area contributed by atoms with Crippen LogP contribution in [0.2, 0.25) is 0 Å². The topological polar surface area (TPSA) is 48.1 Å². The molecule has 29 heavy (non-hydrogen) atoms.